The van der Waals surface area contributed by atoms with E-state index in [4.69, 9.17) is 5.73 Å². The molecule has 0 spiro atoms. The molecule has 1 heterocycles. The molecule has 18 heavy (non-hydrogen) atoms. The van der Waals surface area contributed by atoms with Gasteiger partial charge in [-0.2, -0.15) is 0 Å². The van der Waals surface area contributed by atoms with Gasteiger partial charge in [0.2, 0.25) is 0 Å². The van der Waals surface area contributed by atoms with Crippen molar-refractivity contribution in [1.29, 1.82) is 0 Å². The van der Waals surface area contributed by atoms with E-state index in [1.807, 2.05) is 6.92 Å². The van der Waals surface area contributed by atoms with Gasteiger partial charge in [-0.15, -0.1) is 0 Å². The predicted octanol–water partition coefficient (Wildman–Crippen LogP) is 1.99. The third-order valence-corrected chi connectivity index (χ3v) is 5.15. The van der Waals surface area contributed by atoms with Gasteiger partial charge in [-0.1, -0.05) is 19.3 Å². The first-order valence-corrected chi connectivity index (χ1v) is 7.84. The van der Waals surface area contributed by atoms with E-state index < -0.39 is 0 Å². The average Bonchev–Trinajstić information content (AvgIpc) is 2.63. The fourth-order valence-electron chi connectivity index (χ4n) is 3.85. The molecule has 1 aliphatic heterocycles. The third-order valence-electron chi connectivity index (χ3n) is 5.15. The predicted molar refractivity (Wildman–Crippen MR) is 75.4 cm³/mol. The molecule has 3 atom stereocenters. The standard InChI is InChI=1S/C15H30N2O/c1-12(18)13-7-9-17(10-8-13)15-6-4-2-3-5-14(15)11-16/h12-15,18H,2-11,16H2,1H3. The van der Waals surface area contributed by atoms with Gasteiger partial charge < -0.3 is 15.7 Å². The number of piperidine rings is 1. The summed E-state index contributed by atoms with van der Waals surface area (Å²) in [5.41, 5.74) is 5.98. The Morgan fingerprint density at radius 2 is 1.78 bits per heavy atom. The van der Waals surface area contributed by atoms with E-state index in [2.05, 4.69) is 4.90 Å². The first-order valence-electron chi connectivity index (χ1n) is 7.84. The van der Waals surface area contributed by atoms with Gasteiger partial charge in [-0.05, 0) is 64.1 Å². The molecule has 3 unspecified atom stereocenters. The van der Waals surface area contributed by atoms with E-state index in [9.17, 15) is 5.11 Å². The largest absolute Gasteiger partial charge is 0.393 e. The summed E-state index contributed by atoms with van der Waals surface area (Å²) in [6.07, 6.45) is 8.96. The minimum atomic E-state index is -0.133. The van der Waals surface area contributed by atoms with E-state index in [1.165, 1.54) is 32.1 Å². The van der Waals surface area contributed by atoms with E-state index >= 15 is 0 Å². The Morgan fingerprint density at radius 1 is 1.11 bits per heavy atom. The Labute approximate surface area is 112 Å². The Morgan fingerprint density at radius 3 is 2.39 bits per heavy atom. The summed E-state index contributed by atoms with van der Waals surface area (Å²) in [6, 6.07) is 0.715. The van der Waals surface area contributed by atoms with Crippen LogP contribution in [-0.4, -0.2) is 41.8 Å². The van der Waals surface area contributed by atoms with Gasteiger partial charge in [0.15, 0.2) is 0 Å². The number of hydrogen-bond acceptors (Lipinski definition) is 3. The molecule has 3 nitrogen and oxygen atoms in total. The number of hydrogen-bond donors (Lipinski definition) is 2. The van der Waals surface area contributed by atoms with Crippen molar-refractivity contribution in [2.75, 3.05) is 19.6 Å². The van der Waals surface area contributed by atoms with E-state index in [1.54, 1.807) is 0 Å². The van der Waals surface area contributed by atoms with Gasteiger partial charge in [0, 0.05) is 6.04 Å². The number of nitrogens with two attached hydrogens (primary N) is 1. The number of aliphatic hydroxyl groups is 1. The molecule has 0 amide bonds. The lowest BCUT2D eigenvalue weighted by Crippen LogP contribution is -2.47. The van der Waals surface area contributed by atoms with Crippen molar-refractivity contribution in [2.45, 2.75) is 64.0 Å². The van der Waals surface area contributed by atoms with Crippen molar-refractivity contribution < 1.29 is 5.11 Å². The van der Waals surface area contributed by atoms with Crippen LogP contribution in [0.15, 0.2) is 0 Å². The lowest BCUT2D eigenvalue weighted by Gasteiger charge is -2.41. The average molecular weight is 254 g/mol. The van der Waals surface area contributed by atoms with Crippen LogP contribution in [0.1, 0.15) is 51.9 Å². The molecule has 0 aromatic heterocycles. The molecule has 1 saturated carbocycles. The van der Waals surface area contributed by atoms with Gasteiger partial charge in [-0.25, -0.2) is 0 Å². The number of nitrogens with zero attached hydrogens (tertiary/aromatic N) is 1. The lowest BCUT2D eigenvalue weighted by atomic mass is 9.87. The van der Waals surface area contributed by atoms with Crippen molar-refractivity contribution in [1.82, 2.24) is 4.90 Å². The maximum atomic E-state index is 9.68. The van der Waals surface area contributed by atoms with Gasteiger partial charge in [0.1, 0.15) is 0 Å². The van der Waals surface area contributed by atoms with Crippen molar-refractivity contribution in [3.8, 4) is 0 Å². The minimum Gasteiger partial charge on any atom is -0.393 e. The number of likely N-dealkylation sites (tertiary alicyclic amines) is 1. The molecule has 2 fully saturated rings. The summed E-state index contributed by atoms with van der Waals surface area (Å²) in [5.74, 6) is 1.22. The first-order chi connectivity index (χ1) is 8.72. The highest BCUT2D eigenvalue weighted by atomic mass is 16.3. The molecular weight excluding hydrogens is 224 g/mol. The SMILES string of the molecule is CC(O)C1CCN(C2CCCCCC2CN)CC1. The molecule has 0 aromatic carbocycles. The van der Waals surface area contributed by atoms with Crippen molar-refractivity contribution in [2.24, 2.45) is 17.6 Å². The zero-order valence-electron chi connectivity index (χ0n) is 11.9. The van der Waals surface area contributed by atoms with Crippen LogP contribution in [0, 0.1) is 11.8 Å². The van der Waals surface area contributed by atoms with E-state index in [0.717, 1.165) is 32.5 Å². The summed E-state index contributed by atoms with van der Waals surface area (Å²) < 4.78 is 0. The fourth-order valence-corrected chi connectivity index (χ4v) is 3.85. The third kappa shape index (κ3) is 3.46. The van der Waals surface area contributed by atoms with Crippen LogP contribution in [0.5, 0.6) is 0 Å². The van der Waals surface area contributed by atoms with Gasteiger partial charge in [0.05, 0.1) is 6.10 Å². The zero-order valence-corrected chi connectivity index (χ0v) is 11.9. The first kappa shape index (κ1) is 14.3. The van der Waals surface area contributed by atoms with E-state index in [0.29, 0.717) is 17.9 Å². The molecule has 1 saturated heterocycles. The zero-order chi connectivity index (χ0) is 13.0. The molecule has 106 valence electrons. The Balaban J connectivity index is 1.90. The Kier molecular flexibility index (Phi) is 5.46. The van der Waals surface area contributed by atoms with Crippen molar-refractivity contribution in [3.05, 3.63) is 0 Å². The smallest absolute Gasteiger partial charge is 0.0541 e. The number of rotatable bonds is 3. The van der Waals surface area contributed by atoms with Crippen LogP contribution >= 0.6 is 0 Å². The minimum absolute atomic E-state index is 0.133. The highest BCUT2D eigenvalue weighted by Crippen LogP contribution is 2.30. The molecule has 3 N–H and O–H groups in total. The van der Waals surface area contributed by atoms with Crippen LogP contribution < -0.4 is 5.73 Å². The highest BCUT2D eigenvalue weighted by molar-refractivity contribution is 4.86. The number of aliphatic hydroxyl groups excluding tert-OH is 1. The summed E-state index contributed by atoms with van der Waals surface area (Å²) in [6.45, 7) is 5.11. The van der Waals surface area contributed by atoms with Crippen LogP contribution in [-0.2, 0) is 0 Å². The summed E-state index contributed by atoms with van der Waals surface area (Å²) in [5, 5.41) is 9.68. The highest BCUT2D eigenvalue weighted by Gasteiger charge is 2.31. The molecule has 2 aliphatic rings. The molecule has 2 rings (SSSR count). The summed E-state index contributed by atoms with van der Waals surface area (Å²) in [4.78, 5) is 2.67. The van der Waals surface area contributed by atoms with Crippen molar-refractivity contribution >= 4 is 0 Å². The second-order valence-electron chi connectivity index (χ2n) is 6.32. The molecule has 3 heteroatoms. The van der Waals surface area contributed by atoms with Crippen LogP contribution in [0.4, 0.5) is 0 Å². The van der Waals surface area contributed by atoms with Gasteiger partial charge in [0.25, 0.3) is 0 Å². The van der Waals surface area contributed by atoms with Crippen LogP contribution in [0.2, 0.25) is 0 Å². The maximum absolute atomic E-state index is 9.68. The van der Waals surface area contributed by atoms with E-state index in [-0.39, 0.29) is 6.10 Å². The monoisotopic (exact) mass is 254 g/mol. The van der Waals surface area contributed by atoms with Gasteiger partial charge in [-0.3, -0.25) is 0 Å². The van der Waals surface area contributed by atoms with Crippen LogP contribution in [0.3, 0.4) is 0 Å². The second kappa shape index (κ2) is 6.88. The van der Waals surface area contributed by atoms with Crippen molar-refractivity contribution in [3.63, 3.8) is 0 Å². The molecule has 0 bridgehead atoms. The molecule has 1 aliphatic carbocycles. The Hall–Kier alpha value is -0.120. The molecular formula is C15H30N2O. The normalized spacial score (nSPS) is 34.2. The lowest BCUT2D eigenvalue weighted by molar-refractivity contribution is 0.0406. The maximum Gasteiger partial charge on any atom is 0.0541 e. The molecule has 0 aromatic rings. The second-order valence-corrected chi connectivity index (χ2v) is 6.32. The Bertz CT molecular complexity index is 237. The quantitative estimate of drug-likeness (QED) is 0.757. The summed E-state index contributed by atoms with van der Waals surface area (Å²) in [7, 11) is 0. The van der Waals surface area contributed by atoms with Gasteiger partial charge >= 0.3 is 0 Å². The molecule has 0 radical (unpaired) electrons. The van der Waals surface area contributed by atoms with Crippen LogP contribution in [0.25, 0.3) is 0 Å². The topological polar surface area (TPSA) is 49.5 Å². The fraction of sp³-hybridized carbons (Fsp3) is 1.00. The summed E-state index contributed by atoms with van der Waals surface area (Å²) >= 11 is 0.